The number of nitrogens with zero attached hydrogens (tertiary/aromatic N) is 4. The number of anilines is 5. The first-order valence-corrected chi connectivity index (χ1v) is 19.1. The minimum absolute atomic E-state index is 0.0205. The van der Waals surface area contributed by atoms with Gasteiger partial charge in [-0.25, -0.2) is 0 Å². The molecule has 5 aromatic carbocycles. The predicted octanol–water partition coefficient (Wildman–Crippen LogP) is 6.14. The van der Waals surface area contributed by atoms with Crippen LogP contribution in [0, 0.1) is 5.92 Å². The van der Waals surface area contributed by atoms with Crippen molar-refractivity contribution in [1.29, 1.82) is 0 Å². The van der Waals surface area contributed by atoms with Gasteiger partial charge in [0.05, 0.1) is 30.2 Å². The van der Waals surface area contributed by atoms with Crippen LogP contribution in [0.25, 0.3) is 0 Å². The van der Waals surface area contributed by atoms with Gasteiger partial charge in [0.1, 0.15) is 11.5 Å². The molecule has 0 aliphatic carbocycles. The van der Waals surface area contributed by atoms with Crippen molar-refractivity contribution in [1.82, 2.24) is 4.90 Å². The highest BCUT2D eigenvalue weighted by Crippen LogP contribution is 2.49. The molecular weight excluding hydrogens is 737 g/mol. The van der Waals surface area contributed by atoms with Crippen molar-refractivity contribution >= 4 is 52.1 Å². The highest BCUT2D eigenvalue weighted by atomic mass is 16.5. The Kier molecular flexibility index (Phi) is 10.5. The van der Waals surface area contributed by atoms with Gasteiger partial charge in [-0.3, -0.25) is 29.0 Å². The average Bonchev–Trinajstić information content (AvgIpc) is 3.45. The van der Waals surface area contributed by atoms with Crippen LogP contribution in [-0.4, -0.2) is 65.1 Å². The molecule has 12 nitrogen and oxygen atoms in total. The summed E-state index contributed by atoms with van der Waals surface area (Å²) in [6.45, 7) is 1.76. The predicted molar refractivity (Wildman–Crippen MR) is 218 cm³/mol. The number of para-hydroxylation sites is 4. The minimum Gasteiger partial charge on any atom is -0.482 e. The normalized spacial score (nSPS) is 17.7. The number of hydrogen-bond donors (Lipinski definition) is 2. The van der Waals surface area contributed by atoms with Gasteiger partial charge >= 0.3 is 0 Å². The molecule has 12 heteroatoms. The first-order chi connectivity index (χ1) is 28.2. The number of aliphatic hydroxyl groups is 2. The van der Waals surface area contributed by atoms with Crippen LogP contribution in [0.4, 0.5) is 28.4 Å². The second kappa shape index (κ2) is 16.0. The van der Waals surface area contributed by atoms with E-state index in [1.54, 1.807) is 71.3 Å². The van der Waals surface area contributed by atoms with Crippen LogP contribution >= 0.6 is 0 Å². The molecule has 0 spiro atoms. The molecule has 0 saturated heterocycles. The van der Waals surface area contributed by atoms with Crippen molar-refractivity contribution in [3.05, 3.63) is 150 Å². The van der Waals surface area contributed by atoms with Crippen LogP contribution in [0.1, 0.15) is 30.0 Å². The van der Waals surface area contributed by atoms with Gasteiger partial charge in [0.15, 0.2) is 18.8 Å². The lowest BCUT2D eigenvalue weighted by atomic mass is 9.82. The van der Waals surface area contributed by atoms with Gasteiger partial charge in [0.25, 0.3) is 17.7 Å². The Morgan fingerprint density at radius 3 is 2.02 bits per heavy atom. The third kappa shape index (κ3) is 7.08. The highest BCUT2D eigenvalue weighted by molar-refractivity contribution is 6.10. The molecule has 0 fully saturated rings. The molecule has 0 unspecified atom stereocenters. The molecule has 3 aliphatic rings. The number of carbonyl (C=O) groups is 4. The van der Waals surface area contributed by atoms with E-state index in [-0.39, 0.29) is 57.1 Å². The molecule has 8 rings (SSSR count). The number of aliphatic hydroxyl groups excluding tert-OH is 1. The number of benzene rings is 5. The molecule has 58 heavy (non-hydrogen) atoms. The summed E-state index contributed by atoms with van der Waals surface area (Å²) >= 11 is 0. The summed E-state index contributed by atoms with van der Waals surface area (Å²) < 4.78 is 11.3. The molecule has 0 saturated carbocycles. The van der Waals surface area contributed by atoms with E-state index in [2.05, 4.69) is 0 Å². The van der Waals surface area contributed by atoms with Gasteiger partial charge in [0, 0.05) is 42.4 Å². The quantitative estimate of drug-likeness (QED) is 0.144. The largest absolute Gasteiger partial charge is 0.482 e. The smallest absolute Gasteiger partial charge is 0.269 e. The van der Waals surface area contributed by atoms with E-state index in [1.165, 1.54) is 9.80 Å². The number of ether oxygens (including phenoxy) is 2. The van der Waals surface area contributed by atoms with E-state index in [0.29, 0.717) is 57.6 Å². The van der Waals surface area contributed by atoms with Gasteiger partial charge in [-0.2, -0.15) is 0 Å². The van der Waals surface area contributed by atoms with Crippen molar-refractivity contribution < 1.29 is 38.9 Å². The molecule has 0 bridgehead atoms. The SMILES string of the molecule is C[C@@H](/C=C/CC(=O)N(CCO)Cc1ccccc1)[C@]1(O)C(=O)N(Cc2cccc(N3C(=O)COc4ccccc43)c2)c2ccc(N3C(=O)COc4ccccc43)cc21. The fourth-order valence-corrected chi connectivity index (χ4v) is 7.84. The standard InChI is InChI=1S/C46H42N4O8/c1-31(11-9-20-42(52)47(23-24-51)27-32-12-3-2-4-13-32)46(56)36-26-35(50-39-17-6-8-19-41(39)58-30-44(50)54)21-22-37(36)48(45(46)55)28-33-14-10-15-34(25-33)49-38-16-5-7-18-40(38)57-29-43(49)53/h2-19,21-22,25-26,31,51,56H,20,23-24,27-30H2,1H3/b11-9+/t31-,46+/m0/s1. The third-order valence-electron chi connectivity index (χ3n) is 10.7. The summed E-state index contributed by atoms with van der Waals surface area (Å²) in [5, 5.41) is 22.4. The van der Waals surface area contributed by atoms with E-state index >= 15 is 0 Å². The monoisotopic (exact) mass is 778 g/mol. The highest BCUT2D eigenvalue weighted by Gasteiger charge is 2.53. The lowest BCUT2D eigenvalue weighted by Gasteiger charge is -2.31. The maximum Gasteiger partial charge on any atom is 0.269 e. The van der Waals surface area contributed by atoms with Gasteiger partial charge in [0.2, 0.25) is 5.91 Å². The van der Waals surface area contributed by atoms with Gasteiger partial charge in [-0.15, -0.1) is 0 Å². The third-order valence-corrected chi connectivity index (χ3v) is 10.7. The number of carbonyl (C=O) groups excluding carboxylic acids is 4. The van der Waals surface area contributed by atoms with Gasteiger partial charge < -0.3 is 29.5 Å². The fraction of sp³-hybridized carbons (Fsp3) is 0.217. The second-order valence-corrected chi connectivity index (χ2v) is 14.4. The number of fused-ring (bicyclic) bond motifs is 3. The zero-order valence-corrected chi connectivity index (χ0v) is 31.9. The first-order valence-electron chi connectivity index (χ1n) is 19.1. The molecule has 0 aromatic heterocycles. The Morgan fingerprint density at radius 1 is 0.759 bits per heavy atom. The van der Waals surface area contributed by atoms with Crippen LogP contribution in [0.5, 0.6) is 11.5 Å². The summed E-state index contributed by atoms with van der Waals surface area (Å²) in [5.41, 5.74) is 2.49. The first kappa shape index (κ1) is 38.1. The average molecular weight is 779 g/mol. The number of amides is 4. The van der Waals surface area contributed by atoms with Crippen LogP contribution < -0.4 is 24.2 Å². The van der Waals surface area contributed by atoms with E-state index in [1.807, 2.05) is 78.9 Å². The van der Waals surface area contributed by atoms with E-state index in [9.17, 15) is 29.4 Å². The Morgan fingerprint density at radius 2 is 1.36 bits per heavy atom. The molecule has 294 valence electrons. The molecule has 3 aliphatic heterocycles. The maximum atomic E-state index is 14.7. The Bertz CT molecular complexity index is 2420. The van der Waals surface area contributed by atoms with Crippen LogP contribution in [-0.2, 0) is 37.9 Å². The van der Waals surface area contributed by atoms with Crippen molar-refractivity contribution in [3.8, 4) is 11.5 Å². The lowest BCUT2D eigenvalue weighted by Crippen LogP contribution is -2.44. The molecule has 4 amide bonds. The summed E-state index contributed by atoms with van der Waals surface area (Å²) in [5.74, 6) is -1.07. The number of rotatable bonds is 12. The topological polar surface area (TPSA) is 140 Å². The van der Waals surface area contributed by atoms with E-state index in [0.717, 1.165) is 5.56 Å². The second-order valence-electron chi connectivity index (χ2n) is 14.4. The van der Waals surface area contributed by atoms with E-state index in [4.69, 9.17) is 9.47 Å². The molecule has 3 heterocycles. The summed E-state index contributed by atoms with van der Waals surface area (Å²) in [7, 11) is 0. The molecule has 5 aromatic rings. The zero-order chi connectivity index (χ0) is 40.4. The molecular formula is C46H42N4O8. The number of hydrogen-bond acceptors (Lipinski definition) is 8. The molecule has 0 radical (unpaired) electrons. The van der Waals surface area contributed by atoms with E-state index < -0.39 is 17.4 Å². The summed E-state index contributed by atoms with van der Waals surface area (Å²) in [6, 6.07) is 36.4. The van der Waals surface area contributed by atoms with Crippen LogP contribution in [0.3, 0.4) is 0 Å². The Hall–Kier alpha value is -6.76. The molecule has 2 N–H and O–H groups in total. The lowest BCUT2D eigenvalue weighted by molar-refractivity contribution is -0.139. The summed E-state index contributed by atoms with van der Waals surface area (Å²) in [6.07, 6.45) is 3.28. The Balaban J connectivity index is 1.12. The van der Waals surface area contributed by atoms with Crippen molar-refractivity contribution in [2.75, 3.05) is 41.1 Å². The van der Waals surface area contributed by atoms with Crippen molar-refractivity contribution in [2.45, 2.75) is 32.0 Å². The molecule has 2 atom stereocenters. The maximum absolute atomic E-state index is 14.7. The van der Waals surface area contributed by atoms with Crippen molar-refractivity contribution in [2.24, 2.45) is 5.92 Å². The van der Waals surface area contributed by atoms with Crippen molar-refractivity contribution in [3.63, 3.8) is 0 Å². The van der Waals surface area contributed by atoms with Gasteiger partial charge in [-0.05, 0) is 65.7 Å². The minimum atomic E-state index is -2.09. The van der Waals surface area contributed by atoms with Crippen LogP contribution in [0.15, 0.2) is 133 Å². The Labute approximate surface area is 335 Å². The summed E-state index contributed by atoms with van der Waals surface area (Å²) in [4.78, 5) is 60.8. The van der Waals surface area contributed by atoms with Gasteiger partial charge in [-0.1, -0.05) is 85.8 Å². The van der Waals surface area contributed by atoms with Crippen LogP contribution in [0.2, 0.25) is 0 Å². The zero-order valence-electron chi connectivity index (χ0n) is 31.9. The fourth-order valence-electron chi connectivity index (χ4n) is 7.84.